The number of benzene rings is 2. The summed E-state index contributed by atoms with van der Waals surface area (Å²) in [7, 11) is 1.26. The fourth-order valence-electron chi connectivity index (χ4n) is 1.76. The molecular formula is C15H14N2O4. The highest BCUT2D eigenvalue weighted by Crippen LogP contribution is 2.22. The Kier molecular flexibility index (Phi) is 4.08. The van der Waals surface area contributed by atoms with Gasteiger partial charge in [-0.3, -0.25) is 4.79 Å². The van der Waals surface area contributed by atoms with Gasteiger partial charge in [-0.15, -0.1) is 0 Å². The highest BCUT2D eigenvalue weighted by Gasteiger charge is 2.14. The minimum absolute atomic E-state index is 0.177. The van der Waals surface area contributed by atoms with Gasteiger partial charge in [0.25, 0.3) is 5.91 Å². The highest BCUT2D eigenvalue weighted by atomic mass is 16.5. The van der Waals surface area contributed by atoms with Gasteiger partial charge in [-0.05, 0) is 30.3 Å². The summed E-state index contributed by atoms with van der Waals surface area (Å²) in [6.07, 6.45) is 0. The molecule has 0 aliphatic heterocycles. The second kappa shape index (κ2) is 5.96. The minimum atomic E-state index is -0.550. The van der Waals surface area contributed by atoms with Gasteiger partial charge < -0.3 is 20.9 Å². The summed E-state index contributed by atoms with van der Waals surface area (Å²) in [5, 5.41) is 12.1. The van der Waals surface area contributed by atoms with Crippen LogP contribution >= 0.6 is 0 Å². The molecule has 0 aromatic heterocycles. The van der Waals surface area contributed by atoms with E-state index in [0.29, 0.717) is 5.69 Å². The summed E-state index contributed by atoms with van der Waals surface area (Å²) in [6.45, 7) is 0. The molecule has 0 heterocycles. The van der Waals surface area contributed by atoms with Gasteiger partial charge in [0.2, 0.25) is 0 Å². The van der Waals surface area contributed by atoms with Crippen LogP contribution in [-0.4, -0.2) is 24.1 Å². The zero-order chi connectivity index (χ0) is 15.4. The maximum Gasteiger partial charge on any atom is 0.339 e. The first-order valence-corrected chi connectivity index (χ1v) is 6.10. The van der Waals surface area contributed by atoms with Crippen LogP contribution in [0.2, 0.25) is 0 Å². The Morgan fingerprint density at radius 3 is 2.57 bits per heavy atom. The zero-order valence-corrected chi connectivity index (χ0v) is 11.3. The van der Waals surface area contributed by atoms with Crippen molar-refractivity contribution in [1.29, 1.82) is 0 Å². The van der Waals surface area contributed by atoms with Crippen LogP contribution in [-0.2, 0) is 4.74 Å². The van der Waals surface area contributed by atoms with E-state index in [-0.39, 0.29) is 22.6 Å². The summed E-state index contributed by atoms with van der Waals surface area (Å²) in [5.41, 5.74) is 6.45. The number of anilines is 2. The number of hydrogen-bond acceptors (Lipinski definition) is 5. The molecule has 6 nitrogen and oxygen atoms in total. The fourth-order valence-corrected chi connectivity index (χ4v) is 1.76. The number of nitrogen functional groups attached to an aromatic ring is 1. The van der Waals surface area contributed by atoms with Gasteiger partial charge >= 0.3 is 5.97 Å². The van der Waals surface area contributed by atoms with Crippen molar-refractivity contribution in [2.45, 2.75) is 0 Å². The highest BCUT2D eigenvalue weighted by molar-refractivity contribution is 6.08. The lowest BCUT2D eigenvalue weighted by atomic mass is 10.1. The molecule has 2 rings (SSSR count). The Bertz CT molecular complexity index is 698. The molecule has 108 valence electrons. The van der Waals surface area contributed by atoms with Crippen LogP contribution in [0.4, 0.5) is 11.4 Å². The molecule has 0 atom stereocenters. The molecule has 4 N–H and O–H groups in total. The van der Waals surface area contributed by atoms with E-state index in [2.05, 4.69) is 10.1 Å². The number of rotatable bonds is 3. The van der Waals surface area contributed by atoms with Gasteiger partial charge in [0.1, 0.15) is 5.75 Å². The SMILES string of the molecule is COC(=O)c1ccccc1NC(=O)c1ccc(N)c(O)c1. The quantitative estimate of drug-likeness (QED) is 0.455. The molecule has 2 aromatic rings. The van der Waals surface area contributed by atoms with Crippen LogP contribution in [0.5, 0.6) is 5.75 Å². The van der Waals surface area contributed by atoms with Crippen molar-refractivity contribution >= 4 is 23.3 Å². The first-order chi connectivity index (χ1) is 10.0. The van der Waals surface area contributed by atoms with Crippen molar-refractivity contribution in [2.24, 2.45) is 0 Å². The predicted octanol–water partition coefficient (Wildman–Crippen LogP) is 2.01. The summed E-state index contributed by atoms with van der Waals surface area (Å²) >= 11 is 0. The Morgan fingerprint density at radius 2 is 1.90 bits per heavy atom. The van der Waals surface area contributed by atoms with E-state index in [1.807, 2.05) is 0 Å². The van der Waals surface area contributed by atoms with Gasteiger partial charge in [0.15, 0.2) is 0 Å². The Hall–Kier alpha value is -3.02. The van der Waals surface area contributed by atoms with Crippen molar-refractivity contribution in [3.8, 4) is 5.75 Å². The average molecular weight is 286 g/mol. The van der Waals surface area contributed by atoms with Crippen molar-refractivity contribution < 1.29 is 19.4 Å². The van der Waals surface area contributed by atoms with E-state index in [4.69, 9.17) is 5.73 Å². The molecule has 0 bridgehead atoms. The predicted molar refractivity (Wildman–Crippen MR) is 78.3 cm³/mol. The van der Waals surface area contributed by atoms with Gasteiger partial charge in [0.05, 0.1) is 24.0 Å². The molecule has 0 unspecified atom stereocenters. The number of carbonyl (C=O) groups is 2. The smallest absolute Gasteiger partial charge is 0.339 e. The number of para-hydroxylation sites is 1. The minimum Gasteiger partial charge on any atom is -0.506 e. The van der Waals surface area contributed by atoms with Crippen molar-refractivity contribution in [2.75, 3.05) is 18.2 Å². The van der Waals surface area contributed by atoms with E-state index in [1.165, 1.54) is 25.3 Å². The molecule has 0 saturated heterocycles. The number of phenolic OH excluding ortho intramolecular Hbond substituents is 1. The monoisotopic (exact) mass is 286 g/mol. The number of esters is 1. The third-order valence-corrected chi connectivity index (χ3v) is 2.87. The zero-order valence-electron chi connectivity index (χ0n) is 11.3. The van der Waals surface area contributed by atoms with Crippen LogP contribution in [0.25, 0.3) is 0 Å². The summed E-state index contributed by atoms with van der Waals surface area (Å²) in [4.78, 5) is 23.7. The summed E-state index contributed by atoms with van der Waals surface area (Å²) in [6, 6.07) is 10.6. The van der Waals surface area contributed by atoms with Gasteiger partial charge in [0, 0.05) is 5.56 Å². The first kappa shape index (κ1) is 14.4. The van der Waals surface area contributed by atoms with E-state index in [9.17, 15) is 14.7 Å². The van der Waals surface area contributed by atoms with E-state index < -0.39 is 11.9 Å². The lowest BCUT2D eigenvalue weighted by molar-refractivity contribution is 0.0602. The number of nitrogens with one attached hydrogen (secondary N) is 1. The van der Waals surface area contributed by atoms with Gasteiger partial charge in [-0.1, -0.05) is 12.1 Å². The van der Waals surface area contributed by atoms with Crippen LogP contribution in [0.15, 0.2) is 42.5 Å². The molecular weight excluding hydrogens is 272 g/mol. The molecule has 0 aliphatic carbocycles. The van der Waals surface area contributed by atoms with E-state index in [1.54, 1.807) is 24.3 Å². The second-order valence-corrected chi connectivity index (χ2v) is 4.26. The van der Waals surface area contributed by atoms with Crippen molar-refractivity contribution in [3.63, 3.8) is 0 Å². The fraction of sp³-hybridized carbons (Fsp3) is 0.0667. The van der Waals surface area contributed by atoms with Crippen LogP contribution < -0.4 is 11.1 Å². The van der Waals surface area contributed by atoms with Crippen molar-refractivity contribution in [1.82, 2.24) is 0 Å². The normalized spacial score (nSPS) is 9.95. The van der Waals surface area contributed by atoms with Gasteiger partial charge in [-0.25, -0.2) is 4.79 Å². The van der Waals surface area contributed by atoms with E-state index >= 15 is 0 Å². The third kappa shape index (κ3) is 3.11. The van der Waals surface area contributed by atoms with E-state index in [0.717, 1.165) is 0 Å². The van der Waals surface area contributed by atoms with Crippen LogP contribution in [0.1, 0.15) is 20.7 Å². The molecule has 21 heavy (non-hydrogen) atoms. The maximum atomic E-state index is 12.1. The van der Waals surface area contributed by atoms with Gasteiger partial charge in [-0.2, -0.15) is 0 Å². The third-order valence-electron chi connectivity index (χ3n) is 2.87. The molecule has 0 radical (unpaired) electrons. The topological polar surface area (TPSA) is 102 Å². The lowest BCUT2D eigenvalue weighted by Crippen LogP contribution is -2.15. The number of nitrogens with two attached hydrogens (primary N) is 1. The molecule has 6 heteroatoms. The van der Waals surface area contributed by atoms with Crippen LogP contribution in [0, 0.1) is 0 Å². The standard InChI is InChI=1S/C15H14N2O4/c1-21-15(20)10-4-2-3-5-12(10)17-14(19)9-6-7-11(16)13(18)8-9/h2-8,18H,16H2,1H3,(H,17,19). The Labute approximate surface area is 121 Å². The molecule has 0 fully saturated rings. The molecule has 1 amide bonds. The molecule has 2 aromatic carbocycles. The Morgan fingerprint density at radius 1 is 1.19 bits per heavy atom. The second-order valence-electron chi connectivity index (χ2n) is 4.26. The summed E-state index contributed by atoms with van der Waals surface area (Å²) < 4.78 is 4.65. The number of hydrogen-bond donors (Lipinski definition) is 3. The molecule has 0 spiro atoms. The Balaban J connectivity index is 2.27. The number of amides is 1. The largest absolute Gasteiger partial charge is 0.506 e. The first-order valence-electron chi connectivity index (χ1n) is 6.10. The average Bonchev–Trinajstić information content (AvgIpc) is 2.49. The molecule has 0 saturated carbocycles. The molecule has 0 aliphatic rings. The van der Waals surface area contributed by atoms with Crippen molar-refractivity contribution in [3.05, 3.63) is 53.6 Å². The maximum absolute atomic E-state index is 12.1. The lowest BCUT2D eigenvalue weighted by Gasteiger charge is -2.10. The number of aromatic hydroxyl groups is 1. The number of methoxy groups -OCH3 is 1. The number of ether oxygens (including phenoxy) is 1. The summed E-state index contributed by atoms with van der Waals surface area (Å²) in [5.74, 6) is -1.20. The number of carbonyl (C=O) groups excluding carboxylic acids is 2. The number of phenols is 1. The van der Waals surface area contributed by atoms with Crippen LogP contribution in [0.3, 0.4) is 0 Å².